The largest absolute Gasteiger partial charge is 0.573 e. The van der Waals surface area contributed by atoms with E-state index in [1.165, 1.54) is 24.3 Å². The molecule has 22 heavy (non-hydrogen) atoms. The fraction of sp³-hybridized carbons (Fsp3) is 0.200. The van der Waals surface area contributed by atoms with E-state index in [9.17, 15) is 18.3 Å². The number of halogens is 3. The average molecular weight is 313 g/mol. The van der Waals surface area contributed by atoms with Crippen LogP contribution in [-0.2, 0) is 0 Å². The number of benzene rings is 2. The quantitative estimate of drug-likeness (QED) is 0.889. The number of hydrogen-bond donors (Lipinski definition) is 2. The normalized spacial score (nSPS) is 11.3. The molecule has 2 rings (SSSR count). The predicted octanol–water partition coefficient (Wildman–Crippen LogP) is 3.30. The monoisotopic (exact) mass is 313 g/mol. The molecule has 0 aromatic heterocycles. The average Bonchev–Trinajstić information content (AvgIpc) is 2.44. The lowest BCUT2D eigenvalue weighted by atomic mass is 10.0. The van der Waals surface area contributed by atoms with Crippen LogP contribution in [-0.4, -0.2) is 24.6 Å². The van der Waals surface area contributed by atoms with Crippen molar-refractivity contribution >= 4 is 0 Å². The van der Waals surface area contributed by atoms with Crippen LogP contribution < -0.4 is 15.2 Å². The summed E-state index contributed by atoms with van der Waals surface area (Å²) in [7, 11) is 0. The van der Waals surface area contributed by atoms with Gasteiger partial charge in [-0.2, -0.15) is 0 Å². The van der Waals surface area contributed by atoms with Gasteiger partial charge in [0, 0.05) is 23.7 Å². The third-order valence-corrected chi connectivity index (χ3v) is 2.76. The van der Waals surface area contributed by atoms with Crippen LogP contribution in [0, 0.1) is 0 Å². The molecule has 0 fully saturated rings. The second kappa shape index (κ2) is 6.57. The predicted molar refractivity (Wildman–Crippen MR) is 74.8 cm³/mol. The molecule has 0 radical (unpaired) electrons. The van der Waals surface area contributed by atoms with Crippen molar-refractivity contribution in [2.24, 2.45) is 5.73 Å². The molecule has 0 amide bonds. The van der Waals surface area contributed by atoms with Crippen LogP contribution in [0.15, 0.2) is 42.5 Å². The van der Waals surface area contributed by atoms with Gasteiger partial charge in [0.15, 0.2) is 0 Å². The number of aromatic hydroxyl groups is 1. The van der Waals surface area contributed by atoms with Crippen LogP contribution in [0.25, 0.3) is 11.1 Å². The Labute approximate surface area is 124 Å². The highest BCUT2D eigenvalue weighted by molar-refractivity contribution is 5.76. The van der Waals surface area contributed by atoms with Gasteiger partial charge < -0.3 is 20.3 Å². The zero-order valence-electron chi connectivity index (χ0n) is 11.4. The second-order valence-corrected chi connectivity index (χ2v) is 4.36. The fourth-order valence-corrected chi connectivity index (χ4v) is 1.90. The first-order valence-electron chi connectivity index (χ1n) is 6.42. The van der Waals surface area contributed by atoms with Crippen molar-refractivity contribution in [2.45, 2.75) is 6.36 Å². The van der Waals surface area contributed by atoms with Crippen LogP contribution in [0.3, 0.4) is 0 Å². The van der Waals surface area contributed by atoms with Gasteiger partial charge >= 0.3 is 6.36 Å². The minimum atomic E-state index is -4.86. The van der Waals surface area contributed by atoms with Gasteiger partial charge in [-0.15, -0.1) is 13.2 Å². The van der Waals surface area contributed by atoms with Gasteiger partial charge in [-0.25, -0.2) is 0 Å². The lowest BCUT2D eigenvalue weighted by Gasteiger charge is -2.16. The van der Waals surface area contributed by atoms with E-state index >= 15 is 0 Å². The lowest BCUT2D eigenvalue weighted by Crippen LogP contribution is -2.18. The highest BCUT2D eigenvalue weighted by Gasteiger charge is 2.32. The summed E-state index contributed by atoms with van der Waals surface area (Å²) in [5.74, 6) is -0.405. The molecule has 4 nitrogen and oxygen atoms in total. The zero-order valence-corrected chi connectivity index (χ0v) is 11.4. The highest BCUT2D eigenvalue weighted by Crippen LogP contribution is 2.39. The minimum absolute atomic E-state index is 0.107. The maximum absolute atomic E-state index is 12.6. The van der Waals surface area contributed by atoms with Crippen molar-refractivity contribution in [3.05, 3.63) is 42.5 Å². The third kappa shape index (κ3) is 4.05. The Morgan fingerprint density at radius 3 is 2.41 bits per heavy atom. The molecule has 0 heterocycles. The van der Waals surface area contributed by atoms with Gasteiger partial charge in [0.1, 0.15) is 23.9 Å². The molecular weight excluding hydrogens is 299 g/mol. The first-order chi connectivity index (χ1) is 10.4. The molecule has 0 unspecified atom stereocenters. The number of para-hydroxylation sites is 1. The first-order valence-corrected chi connectivity index (χ1v) is 6.42. The number of phenols is 1. The summed E-state index contributed by atoms with van der Waals surface area (Å²) in [6.45, 7) is 0.401. The highest BCUT2D eigenvalue weighted by atomic mass is 19.4. The SMILES string of the molecule is NCCOc1ccc(-c2ccccc2O)c(OC(F)(F)F)c1. The molecule has 2 aromatic rings. The molecule has 0 aliphatic heterocycles. The number of nitrogens with two attached hydrogens (primary N) is 1. The molecule has 0 saturated carbocycles. The summed E-state index contributed by atoms with van der Waals surface area (Å²) >= 11 is 0. The van der Waals surface area contributed by atoms with Crippen molar-refractivity contribution in [2.75, 3.05) is 13.2 Å². The van der Waals surface area contributed by atoms with E-state index < -0.39 is 12.1 Å². The maximum atomic E-state index is 12.6. The van der Waals surface area contributed by atoms with E-state index in [2.05, 4.69) is 4.74 Å². The Morgan fingerprint density at radius 2 is 1.77 bits per heavy atom. The second-order valence-electron chi connectivity index (χ2n) is 4.36. The first kappa shape index (κ1) is 16.0. The molecule has 0 spiro atoms. The summed E-state index contributed by atoms with van der Waals surface area (Å²) in [5.41, 5.74) is 5.62. The van der Waals surface area contributed by atoms with Gasteiger partial charge in [0.2, 0.25) is 0 Å². The van der Waals surface area contributed by atoms with Crippen molar-refractivity contribution in [1.29, 1.82) is 0 Å². The Kier molecular flexibility index (Phi) is 4.77. The van der Waals surface area contributed by atoms with Gasteiger partial charge in [-0.3, -0.25) is 0 Å². The van der Waals surface area contributed by atoms with Crippen molar-refractivity contribution in [3.63, 3.8) is 0 Å². The van der Waals surface area contributed by atoms with E-state index in [1.807, 2.05) is 0 Å². The summed E-state index contributed by atoms with van der Waals surface area (Å²) in [4.78, 5) is 0. The summed E-state index contributed by atoms with van der Waals surface area (Å²) in [6.07, 6.45) is -4.86. The molecule has 2 aromatic carbocycles. The van der Waals surface area contributed by atoms with E-state index in [0.29, 0.717) is 0 Å². The Morgan fingerprint density at radius 1 is 1.05 bits per heavy atom. The van der Waals surface area contributed by atoms with Crippen LogP contribution in [0.1, 0.15) is 0 Å². The summed E-state index contributed by atoms with van der Waals surface area (Å²) in [6, 6.07) is 10.0. The number of rotatable bonds is 5. The summed E-state index contributed by atoms with van der Waals surface area (Å²) in [5, 5.41) is 9.81. The van der Waals surface area contributed by atoms with E-state index in [1.54, 1.807) is 12.1 Å². The molecule has 7 heteroatoms. The Hall–Kier alpha value is -2.41. The van der Waals surface area contributed by atoms with Crippen LogP contribution in [0.5, 0.6) is 17.2 Å². The van der Waals surface area contributed by atoms with Crippen molar-refractivity contribution < 1.29 is 27.8 Å². The van der Waals surface area contributed by atoms with Gasteiger partial charge in [-0.05, 0) is 18.2 Å². The molecule has 3 N–H and O–H groups in total. The zero-order chi connectivity index (χ0) is 16.2. The van der Waals surface area contributed by atoms with Crippen molar-refractivity contribution in [1.82, 2.24) is 0 Å². The number of hydrogen-bond acceptors (Lipinski definition) is 4. The smallest absolute Gasteiger partial charge is 0.507 e. The molecular formula is C15H14F3NO3. The van der Waals surface area contributed by atoms with Gasteiger partial charge in [0.05, 0.1) is 0 Å². The van der Waals surface area contributed by atoms with E-state index in [-0.39, 0.29) is 35.8 Å². The molecule has 118 valence electrons. The Balaban J connectivity index is 2.46. The molecule has 0 aliphatic carbocycles. The molecule has 0 aliphatic rings. The van der Waals surface area contributed by atoms with Gasteiger partial charge in [-0.1, -0.05) is 18.2 Å². The van der Waals surface area contributed by atoms with E-state index in [4.69, 9.17) is 10.5 Å². The summed E-state index contributed by atoms with van der Waals surface area (Å²) < 4.78 is 47.0. The van der Waals surface area contributed by atoms with Crippen molar-refractivity contribution in [3.8, 4) is 28.4 Å². The molecule has 0 atom stereocenters. The fourth-order valence-electron chi connectivity index (χ4n) is 1.90. The lowest BCUT2D eigenvalue weighted by molar-refractivity contribution is -0.274. The number of ether oxygens (including phenoxy) is 2. The molecule has 0 bridgehead atoms. The number of phenolic OH excluding ortho intramolecular Hbond substituents is 1. The standard InChI is InChI=1S/C15H14F3NO3/c16-15(17,18)22-14-9-10(21-8-7-19)5-6-12(14)11-3-1-2-4-13(11)20/h1-6,9,20H,7-8,19H2. The Bertz CT molecular complexity index is 644. The van der Waals surface area contributed by atoms with Gasteiger partial charge in [0.25, 0.3) is 0 Å². The maximum Gasteiger partial charge on any atom is 0.573 e. The van der Waals surface area contributed by atoms with E-state index in [0.717, 1.165) is 6.07 Å². The van der Waals surface area contributed by atoms with Crippen LogP contribution in [0.2, 0.25) is 0 Å². The molecule has 0 saturated heterocycles. The minimum Gasteiger partial charge on any atom is -0.507 e. The topological polar surface area (TPSA) is 64.7 Å². The van der Waals surface area contributed by atoms with Crippen LogP contribution in [0.4, 0.5) is 13.2 Å². The third-order valence-electron chi connectivity index (χ3n) is 2.76. The number of alkyl halides is 3. The van der Waals surface area contributed by atoms with Crippen LogP contribution >= 0.6 is 0 Å².